The predicted molar refractivity (Wildman–Crippen MR) is 73.4 cm³/mol. The van der Waals surface area contributed by atoms with Crippen LogP contribution in [0.2, 0.25) is 0 Å². The second kappa shape index (κ2) is 5.59. The maximum Gasteiger partial charge on any atom is 0.336 e. The van der Waals surface area contributed by atoms with Crippen molar-refractivity contribution in [1.29, 1.82) is 0 Å². The van der Waals surface area contributed by atoms with Gasteiger partial charge in [0.1, 0.15) is 5.76 Å². The van der Waals surface area contributed by atoms with Gasteiger partial charge in [-0.1, -0.05) is 19.3 Å². The van der Waals surface area contributed by atoms with Crippen molar-refractivity contribution in [3.8, 4) is 0 Å². The summed E-state index contributed by atoms with van der Waals surface area (Å²) in [6.45, 7) is 3.46. The van der Waals surface area contributed by atoms with Gasteiger partial charge >= 0.3 is 5.63 Å². The monoisotopic (exact) mass is 263 g/mol. The summed E-state index contributed by atoms with van der Waals surface area (Å²) in [5, 5.41) is 0. The smallest absolute Gasteiger partial charge is 0.336 e. The van der Waals surface area contributed by atoms with Crippen molar-refractivity contribution in [2.24, 2.45) is 0 Å². The molecule has 0 spiro atoms. The number of carbonyl (C=O) groups is 1. The van der Waals surface area contributed by atoms with Crippen LogP contribution in [-0.4, -0.2) is 23.9 Å². The van der Waals surface area contributed by atoms with Crippen LogP contribution in [0.3, 0.4) is 0 Å². The highest BCUT2D eigenvalue weighted by molar-refractivity contribution is 5.96. The molecule has 1 aromatic rings. The third kappa shape index (κ3) is 2.88. The number of aryl methyl sites for hydroxylation is 2. The summed E-state index contributed by atoms with van der Waals surface area (Å²) in [4.78, 5) is 25.6. The molecular formula is C15H21NO3. The second-order valence-corrected chi connectivity index (χ2v) is 5.39. The Morgan fingerprint density at radius 1 is 1.26 bits per heavy atom. The molecular weight excluding hydrogens is 242 g/mol. The van der Waals surface area contributed by atoms with Crippen LogP contribution < -0.4 is 5.63 Å². The maximum absolute atomic E-state index is 12.6. The number of amides is 1. The molecule has 0 unspecified atom stereocenters. The van der Waals surface area contributed by atoms with Crippen molar-refractivity contribution < 1.29 is 9.21 Å². The molecule has 4 nitrogen and oxygen atoms in total. The van der Waals surface area contributed by atoms with Crippen LogP contribution in [0.1, 0.15) is 53.8 Å². The van der Waals surface area contributed by atoms with Crippen molar-refractivity contribution in [2.45, 2.75) is 52.0 Å². The van der Waals surface area contributed by atoms with Gasteiger partial charge in [-0.15, -0.1) is 0 Å². The lowest BCUT2D eigenvalue weighted by Gasteiger charge is -2.31. The van der Waals surface area contributed by atoms with E-state index in [2.05, 4.69) is 0 Å². The molecule has 2 rings (SSSR count). The molecule has 0 saturated heterocycles. The van der Waals surface area contributed by atoms with Gasteiger partial charge in [-0.25, -0.2) is 4.79 Å². The summed E-state index contributed by atoms with van der Waals surface area (Å²) < 4.78 is 5.04. The molecule has 4 heteroatoms. The first kappa shape index (κ1) is 13.8. The number of nitrogens with zero attached hydrogens (tertiary/aromatic N) is 1. The Bertz CT molecular complexity index is 500. The van der Waals surface area contributed by atoms with Crippen LogP contribution in [0, 0.1) is 13.8 Å². The van der Waals surface area contributed by atoms with E-state index >= 15 is 0 Å². The van der Waals surface area contributed by atoms with Crippen LogP contribution in [0.4, 0.5) is 0 Å². The topological polar surface area (TPSA) is 50.5 Å². The van der Waals surface area contributed by atoms with E-state index in [0.29, 0.717) is 22.9 Å². The fraction of sp³-hybridized carbons (Fsp3) is 0.600. The van der Waals surface area contributed by atoms with Crippen molar-refractivity contribution in [3.05, 3.63) is 33.4 Å². The molecule has 1 amide bonds. The first-order valence-corrected chi connectivity index (χ1v) is 6.89. The number of hydrogen-bond acceptors (Lipinski definition) is 3. The number of hydrogen-bond donors (Lipinski definition) is 0. The molecule has 1 heterocycles. The standard InChI is InChI=1S/C15H21NO3/c1-10-9-13(17)19-11(2)14(10)15(18)16(3)12-7-5-4-6-8-12/h9,12H,4-8H2,1-3H3. The van der Waals surface area contributed by atoms with Gasteiger partial charge in [0.2, 0.25) is 0 Å². The van der Waals surface area contributed by atoms with Gasteiger partial charge in [-0.2, -0.15) is 0 Å². The molecule has 1 aliphatic carbocycles. The summed E-state index contributed by atoms with van der Waals surface area (Å²) in [5.74, 6) is 0.378. The molecule has 0 bridgehead atoms. The lowest BCUT2D eigenvalue weighted by molar-refractivity contribution is 0.0691. The largest absolute Gasteiger partial charge is 0.427 e. The van der Waals surface area contributed by atoms with Crippen molar-refractivity contribution >= 4 is 5.91 Å². The van der Waals surface area contributed by atoms with Crippen LogP contribution in [0.25, 0.3) is 0 Å². The first-order valence-electron chi connectivity index (χ1n) is 6.89. The van der Waals surface area contributed by atoms with E-state index in [9.17, 15) is 9.59 Å². The van der Waals surface area contributed by atoms with Crippen molar-refractivity contribution in [3.63, 3.8) is 0 Å². The fourth-order valence-electron chi connectivity index (χ4n) is 2.89. The lowest BCUT2D eigenvalue weighted by atomic mass is 9.94. The van der Waals surface area contributed by atoms with Gasteiger partial charge in [-0.05, 0) is 32.3 Å². The van der Waals surface area contributed by atoms with Gasteiger partial charge in [0.05, 0.1) is 5.56 Å². The highest BCUT2D eigenvalue weighted by atomic mass is 16.4. The van der Waals surface area contributed by atoms with E-state index in [4.69, 9.17) is 4.42 Å². The van der Waals surface area contributed by atoms with Gasteiger partial charge in [0.25, 0.3) is 5.91 Å². The van der Waals surface area contributed by atoms with Gasteiger partial charge in [-0.3, -0.25) is 4.79 Å². The Kier molecular flexibility index (Phi) is 4.08. The maximum atomic E-state index is 12.6. The first-order chi connectivity index (χ1) is 9.00. The molecule has 104 valence electrons. The summed E-state index contributed by atoms with van der Waals surface area (Å²) in [6.07, 6.45) is 5.76. The summed E-state index contributed by atoms with van der Waals surface area (Å²) >= 11 is 0. The zero-order chi connectivity index (χ0) is 14.0. The summed E-state index contributed by atoms with van der Waals surface area (Å²) in [5.41, 5.74) is 0.834. The van der Waals surface area contributed by atoms with E-state index < -0.39 is 5.63 Å². The van der Waals surface area contributed by atoms with Crippen LogP contribution >= 0.6 is 0 Å². The minimum Gasteiger partial charge on any atom is -0.427 e. The van der Waals surface area contributed by atoms with Crippen molar-refractivity contribution in [2.75, 3.05) is 7.05 Å². The zero-order valence-corrected chi connectivity index (χ0v) is 11.9. The molecule has 0 N–H and O–H groups in total. The van der Waals surface area contributed by atoms with E-state index in [1.807, 2.05) is 11.9 Å². The minimum absolute atomic E-state index is 0.0364. The van der Waals surface area contributed by atoms with Gasteiger partial charge in [0, 0.05) is 19.2 Å². The zero-order valence-electron chi connectivity index (χ0n) is 11.9. The summed E-state index contributed by atoms with van der Waals surface area (Å²) in [7, 11) is 1.85. The Labute approximate surface area is 113 Å². The highest BCUT2D eigenvalue weighted by Gasteiger charge is 2.25. The van der Waals surface area contributed by atoms with Crippen LogP contribution in [0.5, 0.6) is 0 Å². The summed E-state index contributed by atoms with van der Waals surface area (Å²) in [6, 6.07) is 1.70. The highest BCUT2D eigenvalue weighted by Crippen LogP contribution is 2.24. The normalized spacial score (nSPS) is 16.4. The van der Waals surface area contributed by atoms with Crippen molar-refractivity contribution in [1.82, 2.24) is 4.90 Å². The quantitative estimate of drug-likeness (QED) is 0.824. The van der Waals surface area contributed by atoms with E-state index in [-0.39, 0.29) is 5.91 Å². The Balaban J connectivity index is 2.26. The molecule has 1 aliphatic rings. The predicted octanol–water partition coefficient (Wildman–Crippen LogP) is 2.66. The molecule has 0 aliphatic heterocycles. The molecule has 1 fully saturated rings. The fourth-order valence-corrected chi connectivity index (χ4v) is 2.89. The Hall–Kier alpha value is -1.58. The SMILES string of the molecule is Cc1cc(=O)oc(C)c1C(=O)N(C)C1CCCCC1. The lowest BCUT2D eigenvalue weighted by Crippen LogP contribution is -2.39. The molecule has 0 aromatic carbocycles. The van der Waals surface area contributed by atoms with Crippen LogP contribution in [0.15, 0.2) is 15.3 Å². The average molecular weight is 263 g/mol. The molecule has 19 heavy (non-hydrogen) atoms. The molecule has 0 atom stereocenters. The van der Waals surface area contributed by atoms with Gasteiger partial charge in [0.15, 0.2) is 0 Å². The average Bonchev–Trinajstić information content (AvgIpc) is 2.37. The third-order valence-corrected chi connectivity index (χ3v) is 3.99. The van der Waals surface area contributed by atoms with E-state index in [1.165, 1.54) is 25.3 Å². The minimum atomic E-state index is -0.396. The van der Waals surface area contributed by atoms with Gasteiger partial charge < -0.3 is 9.32 Å². The molecule has 1 aromatic heterocycles. The van der Waals surface area contributed by atoms with E-state index in [1.54, 1.807) is 13.8 Å². The molecule has 0 radical (unpaired) electrons. The Morgan fingerprint density at radius 2 is 1.89 bits per heavy atom. The third-order valence-electron chi connectivity index (χ3n) is 3.99. The number of rotatable bonds is 2. The number of carbonyl (C=O) groups excluding carboxylic acids is 1. The van der Waals surface area contributed by atoms with E-state index in [0.717, 1.165) is 12.8 Å². The second-order valence-electron chi connectivity index (χ2n) is 5.39. The van der Waals surface area contributed by atoms with Crippen LogP contribution in [-0.2, 0) is 0 Å². The Morgan fingerprint density at radius 3 is 2.47 bits per heavy atom. The molecule has 1 saturated carbocycles.